The van der Waals surface area contributed by atoms with Crippen LogP contribution in [-0.2, 0) is 4.74 Å². The van der Waals surface area contributed by atoms with E-state index < -0.39 is 5.82 Å². The van der Waals surface area contributed by atoms with E-state index in [4.69, 9.17) is 4.74 Å². The van der Waals surface area contributed by atoms with Gasteiger partial charge in [0, 0.05) is 37.3 Å². The van der Waals surface area contributed by atoms with Gasteiger partial charge in [0.1, 0.15) is 11.6 Å². The first-order chi connectivity index (χ1) is 9.11. The number of rotatable bonds is 4. The molecule has 0 spiro atoms. The van der Waals surface area contributed by atoms with Gasteiger partial charge in [0.15, 0.2) is 0 Å². The number of phenolic OH excluding ortho intramolecular Hbond substituents is 1. The van der Waals surface area contributed by atoms with Crippen molar-refractivity contribution in [3.8, 4) is 5.75 Å². The molecule has 1 fully saturated rings. The van der Waals surface area contributed by atoms with Crippen LogP contribution in [0.5, 0.6) is 5.75 Å². The Balaban J connectivity index is 2.07. The highest BCUT2D eigenvalue weighted by Gasteiger charge is 2.25. The molecule has 0 aliphatic carbocycles. The summed E-state index contributed by atoms with van der Waals surface area (Å²) in [7, 11) is 1.90. The maximum atomic E-state index is 13.0. The van der Waals surface area contributed by atoms with Crippen molar-refractivity contribution in [3.05, 3.63) is 29.6 Å². The highest BCUT2D eigenvalue weighted by Crippen LogP contribution is 2.29. The zero-order valence-electron chi connectivity index (χ0n) is 11.4. The highest BCUT2D eigenvalue weighted by atomic mass is 19.1. The van der Waals surface area contributed by atoms with Gasteiger partial charge in [-0.1, -0.05) is 6.07 Å². The van der Waals surface area contributed by atoms with Crippen LogP contribution in [0.15, 0.2) is 18.2 Å². The minimum absolute atomic E-state index is 0.0177. The summed E-state index contributed by atoms with van der Waals surface area (Å²) in [5.41, 5.74) is 0.756. The van der Waals surface area contributed by atoms with Gasteiger partial charge in [-0.15, -0.1) is 0 Å². The Morgan fingerprint density at radius 3 is 3.05 bits per heavy atom. The minimum atomic E-state index is -0.413. The van der Waals surface area contributed by atoms with Gasteiger partial charge in [-0.3, -0.25) is 4.90 Å². The largest absolute Gasteiger partial charge is 0.508 e. The van der Waals surface area contributed by atoms with E-state index in [1.807, 2.05) is 14.0 Å². The number of nitrogens with one attached hydrogen (secondary N) is 1. The van der Waals surface area contributed by atoms with Crippen LogP contribution in [0.3, 0.4) is 0 Å². The summed E-state index contributed by atoms with van der Waals surface area (Å²) in [5.74, 6) is -0.396. The van der Waals surface area contributed by atoms with E-state index in [1.165, 1.54) is 6.07 Å². The third-order valence-corrected chi connectivity index (χ3v) is 3.59. The Morgan fingerprint density at radius 1 is 1.58 bits per heavy atom. The van der Waals surface area contributed by atoms with Gasteiger partial charge >= 0.3 is 0 Å². The molecule has 1 heterocycles. The summed E-state index contributed by atoms with van der Waals surface area (Å²) in [4.78, 5) is 2.25. The summed E-state index contributed by atoms with van der Waals surface area (Å²) < 4.78 is 18.7. The average molecular weight is 268 g/mol. The minimum Gasteiger partial charge on any atom is -0.508 e. The lowest BCUT2D eigenvalue weighted by Crippen LogP contribution is -2.46. The second-order valence-corrected chi connectivity index (χ2v) is 4.92. The molecule has 2 atom stereocenters. The van der Waals surface area contributed by atoms with E-state index in [-0.39, 0.29) is 17.9 Å². The summed E-state index contributed by atoms with van der Waals surface area (Å²) in [5, 5.41) is 13.0. The molecular weight excluding hydrogens is 247 g/mol. The molecule has 4 nitrogen and oxygen atoms in total. The molecule has 1 aromatic rings. The van der Waals surface area contributed by atoms with Crippen LogP contribution >= 0.6 is 0 Å². The number of nitrogens with zero attached hydrogens (tertiary/aromatic N) is 1. The van der Waals surface area contributed by atoms with Crippen molar-refractivity contribution in [1.29, 1.82) is 0 Å². The normalized spacial score (nSPS) is 22.4. The van der Waals surface area contributed by atoms with Gasteiger partial charge in [0.25, 0.3) is 0 Å². The summed E-state index contributed by atoms with van der Waals surface area (Å²) in [6, 6.07) is 4.25. The van der Waals surface area contributed by atoms with E-state index in [1.54, 1.807) is 6.07 Å². The average Bonchev–Trinajstić information content (AvgIpc) is 2.39. The number of likely N-dealkylation sites (N-methyl/N-ethyl adjacent to an activating group) is 1. The number of benzene rings is 1. The standard InChI is InChI=1S/C14H21FN2O2/c1-10(13-4-3-11(15)7-14(13)18)17-5-6-19-12(9-17)8-16-2/h3-4,7,10,12,16,18H,5-6,8-9H2,1-2H3. The van der Waals surface area contributed by atoms with Gasteiger partial charge in [0.2, 0.25) is 0 Å². The number of phenols is 1. The maximum Gasteiger partial charge on any atom is 0.126 e. The molecule has 1 aliphatic heterocycles. The molecule has 19 heavy (non-hydrogen) atoms. The number of ether oxygens (including phenoxy) is 1. The lowest BCUT2D eigenvalue weighted by Gasteiger charge is -2.37. The number of aromatic hydroxyl groups is 1. The molecule has 2 rings (SSSR count). The van der Waals surface area contributed by atoms with Crippen LogP contribution < -0.4 is 5.32 Å². The lowest BCUT2D eigenvalue weighted by atomic mass is 10.0. The molecule has 0 amide bonds. The quantitative estimate of drug-likeness (QED) is 0.869. The van der Waals surface area contributed by atoms with Gasteiger partial charge < -0.3 is 15.2 Å². The maximum absolute atomic E-state index is 13.0. The topological polar surface area (TPSA) is 44.7 Å². The van der Waals surface area contributed by atoms with Crippen molar-refractivity contribution < 1.29 is 14.2 Å². The molecule has 1 saturated heterocycles. The predicted molar refractivity (Wildman–Crippen MR) is 71.7 cm³/mol. The first-order valence-corrected chi connectivity index (χ1v) is 6.60. The molecule has 0 bridgehead atoms. The molecule has 0 saturated carbocycles. The molecule has 2 N–H and O–H groups in total. The van der Waals surface area contributed by atoms with Gasteiger partial charge in [0.05, 0.1) is 12.7 Å². The van der Waals surface area contributed by atoms with Gasteiger partial charge in [-0.05, 0) is 20.0 Å². The van der Waals surface area contributed by atoms with E-state index in [9.17, 15) is 9.50 Å². The van der Waals surface area contributed by atoms with E-state index in [0.29, 0.717) is 6.61 Å². The molecule has 5 heteroatoms. The van der Waals surface area contributed by atoms with Crippen LogP contribution in [0.4, 0.5) is 4.39 Å². The molecule has 0 aromatic heterocycles. The number of halogens is 1. The third-order valence-electron chi connectivity index (χ3n) is 3.59. The van der Waals surface area contributed by atoms with Crippen LogP contribution in [-0.4, -0.2) is 49.4 Å². The summed E-state index contributed by atoms with van der Waals surface area (Å²) in [6.07, 6.45) is 0.156. The first kappa shape index (κ1) is 14.2. The highest BCUT2D eigenvalue weighted by molar-refractivity contribution is 5.35. The van der Waals surface area contributed by atoms with Crippen LogP contribution in [0.2, 0.25) is 0 Å². The first-order valence-electron chi connectivity index (χ1n) is 6.60. The van der Waals surface area contributed by atoms with Crippen LogP contribution in [0.1, 0.15) is 18.5 Å². The molecular formula is C14H21FN2O2. The van der Waals surface area contributed by atoms with Crippen molar-refractivity contribution in [3.63, 3.8) is 0 Å². The predicted octanol–water partition coefficient (Wildman–Crippen LogP) is 1.51. The number of hydrogen-bond acceptors (Lipinski definition) is 4. The molecule has 106 valence electrons. The van der Waals surface area contributed by atoms with Crippen LogP contribution in [0, 0.1) is 5.82 Å². The summed E-state index contributed by atoms with van der Waals surface area (Å²) >= 11 is 0. The fourth-order valence-electron chi connectivity index (χ4n) is 2.51. The zero-order valence-corrected chi connectivity index (χ0v) is 11.4. The fraction of sp³-hybridized carbons (Fsp3) is 0.571. The molecule has 1 aliphatic rings. The second-order valence-electron chi connectivity index (χ2n) is 4.92. The lowest BCUT2D eigenvalue weighted by molar-refractivity contribution is -0.0395. The van der Waals surface area contributed by atoms with Crippen LogP contribution in [0.25, 0.3) is 0 Å². The number of hydrogen-bond donors (Lipinski definition) is 2. The van der Waals surface area contributed by atoms with E-state index in [0.717, 1.165) is 31.3 Å². The van der Waals surface area contributed by atoms with E-state index in [2.05, 4.69) is 10.2 Å². The third kappa shape index (κ3) is 3.43. The fourth-order valence-corrected chi connectivity index (χ4v) is 2.51. The monoisotopic (exact) mass is 268 g/mol. The zero-order chi connectivity index (χ0) is 13.8. The number of morpholine rings is 1. The van der Waals surface area contributed by atoms with Crippen molar-refractivity contribution in [2.24, 2.45) is 0 Å². The smallest absolute Gasteiger partial charge is 0.126 e. The van der Waals surface area contributed by atoms with Crippen molar-refractivity contribution in [2.45, 2.75) is 19.1 Å². The molecule has 1 aromatic carbocycles. The van der Waals surface area contributed by atoms with Gasteiger partial charge in [-0.25, -0.2) is 4.39 Å². The second kappa shape index (κ2) is 6.32. The van der Waals surface area contributed by atoms with E-state index >= 15 is 0 Å². The Hall–Kier alpha value is -1.17. The Bertz CT molecular complexity index is 426. The van der Waals surface area contributed by atoms with Crippen molar-refractivity contribution in [1.82, 2.24) is 10.2 Å². The Morgan fingerprint density at radius 2 is 2.37 bits per heavy atom. The van der Waals surface area contributed by atoms with Crippen molar-refractivity contribution >= 4 is 0 Å². The van der Waals surface area contributed by atoms with Gasteiger partial charge in [-0.2, -0.15) is 0 Å². The Kier molecular flexibility index (Phi) is 4.74. The summed E-state index contributed by atoms with van der Waals surface area (Å²) in [6.45, 7) is 5.13. The van der Waals surface area contributed by atoms with Crippen molar-refractivity contribution in [2.75, 3.05) is 33.3 Å². The molecule has 0 radical (unpaired) electrons. The SMILES string of the molecule is CNCC1CN(C(C)c2ccc(F)cc2O)CCO1. The molecule has 2 unspecified atom stereocenters. The Labute approximate surface area is 113 Å².